The van der Waals surface area contributed by atoms with Gasteiger partial charge in [-0.3, -0.25) is 4.79 Å². The molecule has 0 saturated heterocycles. The van der Waals surface area contributed by atoms with Gasteiger partial charge in [-0.15, -0.1) is 23.1 Å². The number of hydrogen-bond acceptors (Lipinski definition) is 8. The largest absolute Gasteiger partial charge is 0.462 e. The number of aryl methyl sites for hydroxylation is 1. The predicted octanol–water partition coefficient (Wildman–Crippen LogP) is 3.52. The van der Waals surface area contributed by atoms with Gasteiger partial charge >= 0.3 is 11.9 Å². The van der Waals surface area contributed by atoms with Crippen molar-refractivity contribution in [3.8, 4) is 6.07 Å². The number of anilines is 1. The molecule has 0 unspecified atom stereocenters. The Morgan fingerprint density at radius 2 is 2.04 bits per heavy atom. The van der Waals surface area contributed by atoms with Crippen molar-refractivity contribution >= 4 is 40.0 Å². The Morgan fingerprint density at radius 3 is 2.69 bits per heavy atom. The Balaban J connectivity index is 2.04. The van der Waals surface area contributed by atoms with Crippen molar-refractivity contribution in [3.63, 3.8) is 0 Å². The van der Waals surface area contributed by atoms with E-state index in [9.17, 15) is 14.9 Å². The van der Waals surface area contributed by atoms with Gasteiger partial charge in [0.05, 0.1) is 17.9 Å². The minimum atomic E-state index is -0.578. The molecule has 6 nitrogen and oxygen atoms in total. The molecule has 1 aromatic carbocycles. The Kier molecular flexibility index (Phi) is 7.06. The zero-order chi connectivity index (χ0) is 19.1. The van der Waals surface area contributed by atoms with E-state index >= 15 is 0 Å². The minimum absolute atomic E-state index is 0.126. The number of rotatable bonds is 7. The highest BCUT2D eigenvalue weighted by molar-refractivity contribution is 8.00. The normalized spacial score (nSPS) is 10.2. The lowest BCUT2D eigenvalue weighted by Crippen LogP contribution is -2.11. The molecule has 0 aliphatic heterocycles. The van der Waals surface area contributed by atoms with Crippen molar-refractivity contribution in [1.82, 2.24) is 0 Å². The quantitative estimate of drug-likeness (QED) is 0.570. The predicted molar refractivity (Wildman–Crippen MR) is 101 cm³/mol. The topological polar surface area (TPSA) is 102 Å². The van der Waals surface area contributed by atoms with Gasteiger partial charge in [0.1, 0.15) is 22.6 Å². The van der Waals surface area contributed by atoms with Gasteiger partial charge in [-0.25, -0.2) is 4.79 Å². The Bertz CT molecular complexity index is 855. The van der Waals surface area contributed by atoms with Crippen molar-refractivity contribution in [2.75, 3.05) is 18.1 Å². The van der Waals surface area contributed by atoms with Crippen molar-refractivity contribution in [2.45, 2.75) is 25.3 Å². The molecule has 0 atom stereocenters. The van der Waals surface area contributed by atoms with E-state index in [0.29, 0.717) is 5.56 Å². The number of nitrogens with zero attached hydrogens (tertiary/aromatic N) is 1. The summed E-state index contributed by atoms with van der Waals surface area (Å²) in [5.74, 6) is -0.895. The van der Waals surface area contributed by atoms with Gasteiger partial charge in [-0.05, 0) is 25.5 Å². The van der Waals surface area contributed by atoms with Crippen molar-refractivity contribution < 1.29 is 19.1 Å². The molecule has 1 heterocycles. The highest BCUT2D eigenvalue weighted by Crippen LogP contribution is 2.32. The Hall–Kier alpha value is -2.50. The Labute approximate surface area is 159 Å². The first-order valence-corrected chi connectivity index (χ1v) is 9.60. The van der Waals surface area contributed by atoms with E-state index in [1.165, 1.54) is 11.8 Å². The van der Waals surface area contributed by atoms with E-state index in [1.807, 2.05) is 37.3 Å². The fraction of sp³-hybridized carbons (Fsp3) is 0.278. The van der Waals surface area contributed by atoms with E-state index in [4.69, 9.17) is 15.2 Å². The molecule has 1 aromatic heterocycles. The molecular formula is C18H18N2O4S2. The lowest BCUT2D eigenvalue weighted by atomic mass is 10.1. The first kappa shape index (κ1) is 19.8. The molecule has 0 aliphatic rings. The van der Waals surface area contributed by atoms with E-state index < -0.39 is 11.9 Å². The number of ether oxygens (including phenoxy) is 2. The van der Waals surface area contributed by atoms with Gasteiger partial charge in [0.25, 0.3) is 0 Å². The SMILES string of the molecule is CCOC(=O)c1sc(N)c(C#N)c1COC(=O)CSc1ccccc1C. The van der Waals surface area contributed by atoms with Crippen LogP contribution in [0.3, 0.4) is 0 Å². The van der Waals surface area contributed by atoms with Crippen LogP contribution in [0.5, 0.6) is 0 Å². The van der Waals surface area contributed by atoms with Crippen LogP contribution in [0.15, 0.2) is 29.2 Å². The number of esters is 2. The monoisotopic (exact) mass is 390 g/mol. The zero-order valence-electron chi connectivity index (χ0n) is 14.4. The number of carbonyl (C=O) groups excluding carboxylic acids is 2. The second kappa shape index (κ2) is 9.27. The van der Waals surface area contributed by atoms with Crippen LogP contribution in [0.1, 0.15) is 33.3 Å². The van der Waals surface area contributed by atoms with Crippen molar-refractivity contribution in [3.05, 3.63) is 45.8 Å². The minimum Gasteiger partial charge on any atom is -0.462 e. The van der Waals surface area contributed by atoms with E-state index in [2.05, 4.69) is 0 Å². The van der Waals surface area contributed by atoms with Crippen molar-refractivity contribution in [1.29, 1.82) is 5.26 Å². The maximum absolute atomic E-state index is 12.0. The van der Waals surface area contributed by atoms with E-state index in [0.717, 1.165) is 21.8 Å². The number of nitrogens with two attached hydrogens (primary N) is 1. The smallest absolute Gasteiger partial charge is 0.348 e. The number of nitriles is 1. The first-order chi connectivity index (χ1) is 12.5. The fourth-order valence-corrected chi connectivity index (χ4v) is 3.90. The molecule has 0 fully saturated rings. The number of carbonyl (C=O) groups is 2. The van der Waals surface area contributed by atoms with E-state index in [1.54, 1.807) is 6.92 Å². The summed E-state index contributed by atoms with van der Waals surface area (Å²) in [6.07, 6.45) is 0. The molecule has 136 valence electrons. The fourth-order valence-electron chi connectivity index (χ4n) is 2.16. The van der Waals surface area contributed by atoms with Gasteiger partial charge < -0.3 is 15.2 Å². The Morgan fingerprint density at radius 1 is 1.31 bits per heavy atom. The second-order valence-electron chi connectivity index (χ2n) is 5.20. The third kappa shape index (κ3) is 4.77. The summed E-state index contributed by atoms with van der Waals surface area (Å²) >= 11 is 2.33. The number of nitrogen functional groups attached to an aromatic ring is 1. The highest BCUT2D eigenvalue weighted by atomic mass is 32.2. The van der Waals surface area contributed by atoms with Crippen LogP contribution in [0, 0.1) is 18.3 Å². The summed E-state index contributed by atoms with van der Waals surface area (Å²) in [6, 6.07) is 9.68. The zero-order valence-corrected chi connectivity index (χ0v) is 16.0. The number of hydrogen-bond donors (Lipinski definition) is 1. The number of thioether (sulfide) groups is 1. The van der Waals surface area contributed by atoms with Crippen LogP contribution in [-0.2, 0) is 20.9 Å². The van der Waals surface area contributed by atoms with Crippen LogP contribution >= 0.6 is 23.1 Å². The van der Waals surface area contributed by atoms with Gasteiger partial charge in [0.15, 0.2) is 0 Å². The van der Waals surface area contributed by atoms with Crippen LogP contribution in [0.25, 0.3) is 0 Å². The van der Waals surface area contributed by atoms with Crippen LogP contribution in [0.2, 0.25) is 0 Å². The average molecular weight is 390 g/mol. The molecule has 0 saturated carbocycles. The standard InChI is InChI=1S/C18H18N2O4S2/c1-3-23-18(22)16-13(12(8-19)17(20)26-16)9-24-15(21)10-25-14-7-5-4-6-11(14)2/h4-7H,3,9-10,20H2,1-2H3. The summed E-state index contributed by atoms with van der Waals surface area (Å²) in [6.45, 7) is 3.65. The summed E-state index contributed by atoms with van der Waals surface area (Å²) in [4.78, 5) is 25.3. The second-order valence-corrected chi connectivity index (χ2v) is 7.27. The molecule has 0 spiro atoms. The average Bonchev–Trinajstić information content (AvgIpc) is 2.95. The lowest BCUT2D eigenvalue weighted by molar-refractivity contribution is -0.141. The van der Waals surface area contributed by atoms with Crippen LogP contribution < -0.4 is 5.73 Å². The summed E-state index contributed by atoms with van der Waals surface area (Å²) in [7, 11) is 0. The van der Waals surface area contributed by atoms with Crippen molar-refractivity contribution in [2.24, 2.45) is 0 Å². The number of thiophene rings is 1. The van der Waals surface area contributed by atoms with E-state index in [-0.39, 0.29) is 34.4 Å². The van der Waals surface area contributed by atoms with Crippen LogP contribution in [-0.4, -0.2) is 24.3 Å². The molecule has 8 heteroatoms. The molecule has 2 aromatic rings. The summed E-state index contributed by atoms with van der Waals surface area (Å²) < 4.78 is 10.2. The molecule has 0 bridgehead atoms. The van der Waals surface area contributed by atoms with Gasteiger partial charge in [-0.1, -0.05) is 18.2 Å². The third-order valence-corrected chi connectivity index (χ3v) is 5.61. The summed E-state index contributed by atoms with van der Waals surface area (Å²) in [5.41, 5.74) is 7.31. The lowest BCUT2D eigenvalue weighted by Gasteiger charge is -2.07. The molecule has 0 aliphatic carbocycles. The maximum atomic E-state index is 12.0. The molecule has 2 N–H and O–H groups in total. The highest BCUT2D eigenvalue weighted by Gasteiger charge is 2.23. The number of benzene rings is 1. The van der Waals surface area contributed by atoms with Gasteiger partial charge in [-0.2, -0.15) is 5.26 Å². The van der Waals surface area contributed by atoms with Gasteiger partial charge in [0.2, 0.25) is 0 Å². The molecule has 2 rings (SSSR count). The molecule has 0 amide bonds. The molecular weight excluding hydrogens is 372 g/mol. The molecule has 0 radical (unpaired) electrons. The first-order valence-electron chi connectivity index (χ1n) is 7.80. The summed E-state index contributed by atoms with van der Waals surface area (Å²) in [5, 5.41) is 9.46. The maximum Gasteiger partial charge on any atom is 0.348 e. The molecule has 26 heavy (non-hydrogen) atoms. The van der Waals surface area contributed by atoms with Gasteiger partial charge in [0, 0.05) is 10.5 Å². The third-order valence-electron chi connectivity index (χ3n) is 3.42. The van der Waals surface area contributed by atoms with Crippen LogP contribution in [0.4, 0.5) is 5.00 Å².